The number of ether oxygens (including phenoxy) is 1. The Hall–Kier alpha value is -3.28. The van der Waals surface area contributed by atoms with Crippen LogP contribution in [0.3, 0.4) is 0 Å². The van der Waals surface area contributed by atoms with Gasteiger partial charge in [-0.1, -0.05) is 23.0 Å². The van der Waals surface area contributed by atoms with Gasteiger partial charge in [-0.15, -0.1) is 5.10 Å². The lowest BCUT2D eigenvalue weighted by Gasteiger charge is -2.05. The Bertz CT molecular complexity index is 782. The van der Waals surface area contributed by atoms with Crippen molar-refractivity contribution in [3.05, 3.63) is 66.9 Å². The highest BCUT2D eigenvalue weighted by Gasteiger charge is 2.08. The number of benzene rings is 2. The van der Waals surface area contributed by atoms with Crippen molar-refractivity contribution in [2.75, 3.05) is 12.4 Å². The topological polar surface area (TPSA) is 65.4 Å². The van der Waals surface area contributed by atoms with Gasteiger partial charge in [0, 0.05) is 11.3 Å². The summed E-state index contributed by atoms with van der Waals surface area (Å²) in [6.45, 7) is 0. The van der Waals surface area contributed by atoms with E-state index in [0.29, 0.717) is 11.4 Å². The molecule has 0 saturated heterocycles. The average molecular weight is 309 g/mol. The van der Waals surface area contributed by atoms with Crippen molar-refractivity contribution in [1.29, 1.82) is 0 Å². The smallest absolute Gasteiger partial charge is 0.437 e. The van der Waals surface area contributed by atoms with Crippen LogP contribution in [0.1, 0.15) is 0 Å². The minimum atomic E-state index is -0.611. The molecule has 0 spiro atoms. The highest BCUT2D eigenvalue weighted by atomic mass is 16.7. The van der Waals surface area contributed by atoms with Crippen molar-refractivity contribution in [2.24, 2.45) is 0 Å². The van der Waals surface area contributed by atoms with Crippen molar-refractivity contribution in [2.45, 2.75) is 0 Å². The number of hydrogen-bond donors (Lipinski definition) is 1. The lowest BCUT2D eigenvalue weighted by molar-refractivity contribution is 0.130. The Morgan fingerprint density at radius 3 is 2.48 bits per heavy atom. The Labute approximate surface area is 133 Å². The van der Waals surface area contributed by atoms with Gasteiger partial charge in [0.05, 0.1) is 19.0 Å². The van der Waals surface area contributed by atoms with E-state index in [1.54, 1.807) is 31.5 Å². The zero-order valence-corrected chi connectivity index (χ0v) is 12.5. The summed E-state index contributed by atoms with van der Waals surface area (Å²) in [7, 11) is 1.61. The van der Waals surface area contributed by atoms with Gasteiger partial charge < -0.3 is 4.74 Å². The van der Waals surface area contributed by atoms with E-state index < -0.39 is 6.09 Å². The number of methoxy groups -OCH3 is 1. The summed E-state index contributed by atoms with van der Waals surface area (Å²) in [6.07, 6.45) is 0.963. The minimum absolute atomic E-state index is 0.611. The van der Waals surface area contributed by atoms with Crippen LogP contribution in [0.15, 0.2) is 66.9 Å². The van der Waals surface area contributed by atoms with Gasteiger partial charge in [0.1, 0.15) is 5.75 Å². The largest absolute Gasteiger partial charge is 0.497 e. The number of aromatic nitrogens is 2. The van der Waals surface area contributed by atoms with Crippen molar-refractivity contribution in [3.8, 4) is 17.0 Å². The Balaban J connectivity index is 1.65. The molecule has 23 heavy (non-hydrogen) atoms. The number of para-hydroxylation sites is 1. The van der Waals surface area contributed by atoms with Crippen LogP contribution in [0.5, 0.6) is 5.75 Å². The Kier molecular flexibility index (Phi) is 4.24. The first-order valence-electron chi connectivity index (χ1n) is 6.99. The molecule has 0 radical (unpaired) electrons. The molecule has 6 nitrogen and oxygen atoms in total. The lowest BCUT2D eigenvalue weighted by Crippen LogP contribution is -2.25. The molecular formula is C17H15N3O3. The van der Waals surface area contributed by atoms with E-state index in [1.165, 1.54) is 0 Å². The van der Waals surface area contributed by atoms with Gasteiger partial charge in [0.15, 0.2) is 0 Å². The molecule has 116 valence electrons. The van der Waals surface area contributed by atoms with Crippen molar-refractivity contribution < 1.29 is 14.4 Å². The lowest BCUT2D eigenvalue weighted by atomic mass is 10.1. The minimum Gasteiger partial charge on any atom is -0.497 e. The third kappa shape index (κ3) is 3.68. The molecular weight excluding hydrogens is 294 g/mol. The van der Waals surface area contributed by atoms with Crippen LogP contribution in [0, 0.1) is 0 Å². The quantitative estimate of drug-likeness (QED) is 0.803. The SMILES string of the molecule is COc1ccc(-c2ccn(OC(=O)Nc3ccccc3)n2)cc1. The molecule has 0 bridgehead atoms. The van der Waals surface area contributed by atoms with Crippen molar-refractivity contribution in [3.63, 3.8) is 0 Å². The second-order valence-corrected chi connectivity index (χ2v) is 4.70. The number of hydrogen-bond acceptors (Lipinski definition) is 4. The second-order valence-electron chi connectivity index (χ2n) is 4.70. The van der Waals surface area contributed by atoms with E-state index in [2.05, 4.69) is 10.4 Å². The van der Waals surface area contributed by atoms with E-state index in [0.717, 1.165) is 16.2 Å². The third-order valence-corrected chi connectivity index (χ3v) is 3.15. The van der Waals surface area contributed by atoms with E-state index in [-0.39, 0.29) is 0 Å². The highest BCUT2D eigenvalue weighted by Crippen LogP contribution is 2.20. The van der Waals surface area contributed by atoms with Crippen LogP contribution in [-0.4, -0.2) is 23.1 Å². The van der Waals surface area contributed by atoms with Crippen LogP contribution in [-0.2, 0) is 0 Å². The molecule has 3 aromatic rings. The molecule has 0 fully saturated rings. The number of nitrogens with zero attached hydrogens (tertiary/aromatic N) is 2. The van der Waals surface area contributed by atoms with Gasteiger partial charge in [0.2, 0.25) is 0 Å². The van der Waals surface area contributed by atoms with Crippen LogP contribution in [0.2, 0.25) is 0 Å². The fourth-order valence-electron chi connectivity index (χ4n) is 2.02. The van der Waals surface area contributed by atoms with Gasteiger partial charge in [0.25, 0.3) is 0 Å². The summed E-state index contributed by atoms with van der Waals surface area (Å²) in [5.41, 5.74) is 2.25. The van der Waals surface area contributed by atoms with Gasteiger partial charge >= 0.3 is 6.09 Å². The van der Waals surface area contributed by atoms with Gasteiger partial charge in [-0.2, -0.15) is 0 Å². The Morgan fingerprint density at radius 1 is 1.04 bits per heavy atom. The molecule has 1 N–H and O–H groups in total. The predicted octanol–water partition coefficient (Wildman–Crippen LogP) is 3.22. The highest BCUT2D eigenvalue weighted by molar-refractivity contribution is 5.84. The first-order valence-corrected chi connectivity index (χ1v) is 6.99. The first kappa shape index (κ1) is 14.6. The molecule has 0 aliphatic carbocycles. The summed E-state index contributed by atoms with van der Waals surface area (Å²) < 4.78 is 5.12. The van der Waals surface area contributed by atoms with E-state index in [9.17, 15) is 4.79 Å². The molecule has 0 atom stereocenters. The summed E-state index contributed by atoms with van der Waals surface area (Å²) in [4.78, 5) is 18.0. The number of anilines is 1. The van der Waals surface area contributed by atoms with Crippen molar-refractivity contribution in [1.82, 2.24) is 9.94 Å². The normalized spacial score (nSPS) is 10.1. The molecule has 2 aromatic carbocycles. The fourth-order valence-corrected chi connectivity index (χ4v) is 2.02. The number of rotatable bonds is 4. The van der Waals surface area contributed by atoms with E-state index in [4.69, 9.17) is 9.57 Å². The zero-order chi connectivity index (χ0) is 16.1. The molecule has 6 heteroatoms. The molecule has 0 saturated carbocycles. The van der Waals surface area contributed by atoms with E-state index in [1.807, 2.05) is 42.5 Å². The zero-order valence-electron chi connectivity index (χ0n) is 12.5. The van der Waals surface area contributed by atoms with Crippen LogP contribution < -0.4 is 14.9 Å². The molecule has 1 heterocycles. The number of carbonyl (C=O) groups excluding carboxylic acids is 1. The Morgan fingerprint density at radius 2 is 1.78 bits per heavy atom. The summed E-state index contributed by atoms with van der Waals surface area (Å²) in [6, 6.07) is 18.3. The molecule has 0 unspecified atom stereocenters. The monoisotopic (exact) mass is 309 g/mol. The summed E-state index contributed by atoms with van der Waals surface area (Å²) in [5, 5.41) is 6.83. The van der Waals surface area contributed by atoms with Crippen LogP contribution >= 0.6 is 0 Å². The number of amides is 1. The maximum absolute atomic E-state index is 11.8. The maximum atomic E-state index is 11.8. The van der Waals surface area contributed by atoms with Gasteiger partial charge in [-0.25, -0.2) is 4.79 Å². The average Bonchev–Trinajstić information content (AvgIpc) is 3.04. The first-order chi connectivity index (χ1) is 11.2. The maximum Gasteiger partial charge on any atom is 0.437 e. The van der Waals surface area contributed by atoms with Crippen LogP contribution in [0.4, 0.5) is 10.5 Å². The van der Waals surface area contributed by atoms with Crippen molar-refractivity contribution >= 4 is 11.8 Å². The molecule has 0 aliphatic heterocycles. The molecule has 1 aromatic heterocycles. The van der Waals surface area contributed by atoms with Gasteiger partial charge in [-0.3, -0.25) is 10.2 Å². The standard InChI is InChI=1S/C17H15N3O3/c1-22-15-9-7-13(8-10-15)16-11-12-20(19-16)23-17(21)18-14-5-3-2-4-6-14/h2-12H,1H3,(H,18,21). The third-order valence-electron chi connectivity index (χ3n) is 3.15. The second kappa shape index (κ2) is 6.65. The summed E-state index contributed by atoms with van der Waals surface area (Å²) >= 11 is 0. The molecule has 1 amide bonds. The summed E-state index contributed by atoms with van der Waals surface area (Å²) in [5.74, 6) is 0.770. The van der Waals surface area contributed by atoms with E-state index >= 15 is 0 Å². The molecule has 0 aliphatic rings. The van der Waals surface area contributed by atoms with Crippen LogP contribution in [0.25, 0.3) is 11.3 Å². The molecule has 3 rings (SSSR count). The fraction of sp³-hybridized carbons (Fsp3) is 0.0588. The number of carbonyl (C=O) groups is 1. The number of nitrogens with one attached hydrogen (secondary N) is 1. The predicted molar refractivity (Wildman–Crippen MR) is 86.3 cm³/mol. The van der Waals surface area contributed by atoms with Gasteiger partial charge in [-0.05, 0) is 42.5 Å².